The maximum atomic E-state index is 13.8. The zero-order valence-corrected chi connectivity index (χ0v) is 11.2. The zero-order chi connectivity index (χ0) is 13.1. The highest BCUT2D eigenvalue weighted by molar-refractivity contribution is 6.32. The standard InChI is InChI=1S/C13H18ClFN2O/c1-9-8-10(12(15)13(18)11(9)14)2-5-17-6-3-16-4-7-17/h8,16,18H,2-7H2,1H3. The Morgan fingerprint density at radius 3 is 2.78 bits per heavy atom. The van der Waals surface area contributed by atoms with E-state index in [2.05, 4.69) is 10.2 Å². The van der Waals surface area contributed by atoms with Gasteiger partial charge in [0.15, 0.2) is 11.6 Å². The highest BCUT2D eigenvalue weighted by Gasteiger charge is 2.16. The van der Waals surface area contributed by atoms with Crippen LogP contribution in [-0.4, -0.2) is 42.7 Å². The first-order chi connectivity index (χ1) is 8.59. The van der Waals surface area contributed by atoms with Crippen LogP contribution in [0.5, 0.6) is 5.75 Å². The molecule has 1 aromatic carbocycles. The summed E-state index contributed by atoms with van der Waals surface area (Å²) >= 11 is 5.80. The SMILES string of the molecule is Cc1cc(CCN2CCNCC2)c(F)c(O)c1Cl. The molecule has 2 N–H and O–H groups in total. The van der Waals surface area contributed by atoms with Crippen molar-refractivity contribution in [3.8, 4) is 5.75 Å². The van der Waals surface area contributed by atoms with Gasteiger partial charge in [0.2, 0.25) is 0 Å². The van der Waals surface area contributed by atoms with Crippen LogP contribution in [-0.2, 0) is 6.42 Å². The molecule has 1 heterocycles. The van der Waals surface area contributed by atoms with E-state index in [1.54, 1.807) is 13.0 Å². The Morgan fingerprint density at radius 1 is 1.44 bits per heavy atom. The predicted molar refractivity (Wildman–Crippen MR) is 70.8 cm³/mol. The molecule has 0 atom stereocenters. The van der Waals surface area contributed by atoms with Gasteiger partial charge in [-0.25, -0.2) is 4.39 Å². The van der Waals surface area contributed by atoms with Crippen molar-refractivity contribution in [2.24, 2.45) is 0 Å². The lowest BCUT2D eigenvalue weighted by Crippen LogP contribution is -2.44. The summed E-state index contributed by atoms with van der Waals surface area (Å²) in [4.78, 5) is 2.29. The normalized spacial score (nSPS) is 17.1. The second-order valence-electron chi connectivity index (χ2n) is 4.67. The van der Waals surface area contributed by atoms with Crippen LogP contribution in [0.1, 0.15) is 11.1 Å². The summed E-state index contributed by atoms with van der Waals surface area (Å²) in [6.45, 7) is 6.51. The number of aryl methyl sites for hydroxylation is 1. The number of piperazine rings is 1. The molecule has 0 radical (unpaired) electrons. The summed E-state index contributed by atoms with van der Waals surface area (Å²) in [5.41, 5.74) is 1.25. The van der Waals surface area contributed by atoms with Crippen molar-refractivity contribution in [3.63, 3.8) is 0 Å². The molecule has 1 aliphatic rings. The molecule has 0 unspecified atom stereocenters. The van der Waals surface area contributed by atoms with Gasteiger partial charge in [-0.05, 0) is 24.5 Å². The summed E-state index contributed by atoms with van der Waals surface area (Å²) in [6.07, 6.45) is 0.595. The number of phenolic OH excluding ortho intramolecular Hbond substituents is 1. The number of nitrogens with zero attached hydrogens (tertiary/aromatic N) is 1. The minimum Gasteiger partial charge on any atom is -0.504 e. The van der Waals surface area contributed by atoms with E-state index in [1.165, 1.54) is 0 Å². The van der Waals surface area contributed by atoms with Gasteiger partial charge >= 0.3 is 0 Å². The number of benzene rings is 1. The highest BCUT2D eigenvalue weighted by atomic mass is 35.5. The molecule has 18 heavy (non-hydrogen) atoms. The summed E-state index contributed by atoms with van der Waals surface area (Å²) in [5, 5.41) is 13.0. The molecule has 3 nitrogen and oxygen atoms in total. The molecule has 0 saturated carbocycles. The first kappa shape index (κ1) is 13.6. The third kappa shape index (κ3) is 2.94. The van der Waals surface area contributed by atoms with Gasteiger partial charge in [-0.2, -0.15) is 0 Å². The summed E-state index contributed by atoms with van der Waals surface area (Å²) in [6, 6.07) is 1.72. The minimum atomic E-state index is -0.583. The smallest absolute Gasteiger partial charge is 0.170 e. The lowest BCUT2D eigenvalue weighted by atomic mass is 10.1. The number of hydrogen-bond acceptors (Lipinski definition) is 3. The summed E-state index contributed by atoms with van der Waals surface area (Å²) in [7, 11) is 0. The van der Waals surface area contributed by atoms with Crippen LogP contribution in [0, 0.1) is 12.7 Å². The molecular formula is C13H18ClFN2O. The van der Waals surface area contributed by atoms with Gasteiger partial charge in [0.25, 0.3) is 0 Å². The molecule has 0 aliphatic carbocycles. The van der Waals surface area contributed by atoms with Crippen molar-refractivity contribution in [1.29, 1.82) is 0 Å². The molecule has 1 aromatic rings. The Morgan fingerprint density at radius 2 is 2.11 bits per heavy atom. The Bertz CT molecular complexity index is 433. The van der Waals surface area contributed by atoms with E-state index in [9.17, 15) is 9.50 Å². The minimum absolute atomic E-state index is 0.110. The molecule has 1 fully saturated rings. The number of hydrogen-bond donors (Lipinski definition) is 2. The third-order valence-corrected chi connectivity index (χ3v) is 3.82. The lowest BCUT2D eigenvalue weighted by Gasteiger charge is -2.27. The van der Waals surface area contributed by atoms with Gasteiger partial charge in [-0.15, -0.1) is 0 Å². The van der Waals surface area contributed by atoms with E-state index in [4.69, 9.17) is 11.6 Å². The van der Waals surface area contributed by atoms with Gasteiger partial charge < -0.3 is 15.3 Å². The largest absolute Gasteiger partial charge is 0.504 e. The van der Waals surface area contributed by atoms with E-state index >= 15 is 0 Å². The van der Waals surface area contributed by atoms with Crippen molar-refractivity contribution in [1.82, 2.24) is 10.2 Å². The Balaban J connectivity index is 2.05. The number of aromatic hydroxyl groups is 1. The average Bonchev–Trinajstić information content (AvgIpc) is 2.40. The van der Waals surface area contributed by atoms with Gasteiger partial charge in [0, 0.05) is 32.7 Å². The van der Waals surface area contributed by atoms with E-state index < -0.39 is 11.6 Å². The molecule has 1 aliphatic heterocycles. The van der Waals surface area contributed by atoms with Crippen molar-refractivity contribution >= 4 is 11.6 Å². The topological polar surface area (TPSA) is 35.5 Å². The van der Waals surface area contributed by atoms with E-state index in [0.717, 1.165) is 32.7 Å². The number of halogens is 2. The Labute approximate surface area is 112 Å². The van der Waals surface area contributed by atoms with Gasteiger partial charge in [-0.3, -0.25) is 0 Å². The van der Waals surface area contributed by atoms with Crippen LogP contribution in [0.25, 0.3) is 0 Å². The second kappa shape index (κ2) is 5.87. The molecule has 100 valence electrons. The Kier molecular flexibility index (Phi) is 4.43. The van der Waals surface area contributed by atoms with Crippen LogP contribution in [0.2, 0.25) is 5.02 Å². The Hall–Kier alpha value is -0.840. The van der Waals surface area contributed by atoms with Crippen LogP contribution < -0.4 is 5.32 Å². The lowest BCUT2D eigenvalue weighted by molar-refractivity contribution is 0.243. The predicted octanol–water partition coefficient (Wildman–Crippen LogP) is 1.94. The molecule has 1 saturated heterocycles. The van der Waals surface area contributed by atoms with Crippen molar-refractivity contribution in [2.75, 3.05) is 32.7 Å². The maximum Gasteiger partial charge on any atom is 0.170 e. The second-order valence-corrected chi connectivity index (χ2v) is 5.05. The monoisotopic (exact) mass is 272 g/mol. The molecular weight excluding hydrogens is 255 g/mol. The van der Waals surface area contributed by atoms with Crippen LogP contribution >= 0.6 is 11.6 Å². The van der Waals surface area contributed by atoms with E-state index in [1.807, 2.05) is 0 Å². The molecule has 0 aromatic heterocycles. The molecule has 0 amide bonds. The zero-order valence-electron chi connectivity index (χ0n) is 10.5. The number of phenols is 1. The quantitative estimate of drug-likeness (QED) is 0.883. The molecule has 0 bridgehead atoms. The van der Waals surface area contributed by atoms with Crippen LogP contribution in [0.15, 0.2) is 6.07 Å². The van der Waals surface area contributed by atoms with Crippen molar-refractivity contribution in [2.45, 2.75) is 13.3 Å². The van der Waals surface area contributed by atoms with E-state index in [0.29, 0.717) is 17.5 Å². The summed E-state index contributed by atoms with van der Waals surface area (Å²) < 4.78 is 13.8. The van der Waals surface area contributed by atoms with Gasteiger partial charge in [0.05, 0.1) is 5.02 Å². The summed E-state index contributed by atoms with van der Waals surface area (Å²) in [5.74, 6) is -1.01. The van der Waals surface area contributed by atoms with Gasteiger partial charge in [-0.1, -0.05) is 17.7 Å². The first-order valence-electron chi connectivity index (χ1n) is 6.19. The van der Waals surface area contributed by atoms with Crippen molar-refractivity contribution < 1.29 is 9.50 Å². The van der Waals surface area contributed by atoms with E-state index in [-0.39, 0.29) is 5.02 Å². The van der Waals surface area contributed by atoms with Crippen LogP contribution in [0.4, 0.5) is 4.39 Å². The molecule has 2 rings (SSSR count). The first-order valence-corrected chi connectivity index (χ1v) is 6.57. The number of nitrogens with one attached hydrogen (secondary N) is 1. The van der Waals surface area contributed by atoms with Crippen LogP contribution in [0.3, 0.4) is 0 Å². The third-order valence-electron chi connectivity index (χ3n) is 3.34. The number of rotatable bonds is 3. The van der Waals surface area contributed by atoms with Gasteiger partial charge in [0.1, 0.15) is 0 Å². The fourth-order valence-corrected chi connectivity index (χ4v) is 2.36. The van der Waals surface area contributed by atoms with Crippen molar-refractivity contribution in [3.05, 3.63) is 28.0 Å². The highest BCUT2D eigenvalue weighted by Crippen LogP contribution is 2.32. The fraction of sp³-hybridized carbons (Fsp3) is 0.538. The molecule has 0 spiro atoms. The fourth-order valence-electron chi connectivity index (χ4n) is 2.22. The molecule has 5 heteroatoms. The average molecular weight is 273 g/mol. The maximum absolute atomic E-state index is 13.8.